The first kappa shape index (κ1) is 4.69. The first-order valence-electron chi connectivity index (χ1n) is 1.00. The summed E-state index contributed by atoms with van der Waals surface area (Å²) in [6, 6.07) is 0. The van der Waals surface area contributed by atoms with Crippen LogP contribution in [-0.2, 0) is 18.7 Å². The number of rotatable bonds is 0. The third-order valence-electron chi connectivity index (χ3n) is 0.167. The summed E-state index contributed by atoms with van der Waals surface area (Å²) in [5.41, 5.74) is 0. The minimum absolute atomic E-state index is 0.942. The van der Waals surface area contributed by atoms with Crippen molar-refractivity contribution in [2.75, 3.05) is 0 Å². The maximum atomic E-state index is 4.10. The zero-order valence-corrected chi connectivity index (χ0v) is 4.08. The molecule has 1 rings (SSSR count). The molecule has 0 aromatic heterocycles. The topological polar surface area (TPSA) is 36.9 Å². The zero-order chi connectivity index (χ0) is 4.24. The van der Waals surface area contributed by atoms with Crippen LogP contribution >= 0.6 is 22.1 Å². The summed E-state index contributed by atoms with van der Waals surface area (Å²) in [5.74, 6) is 0. The van der Waals surface area contributed by atoms with Crippen molar-refractivity contribution in [3.63, 3.8) is 0 Å². The fourth-order valence-electron chi connectivity index (χ4n) is 0.0680. The Bertz CT molecular complexity index is 21.0. The molecule has 0 radical (unpaired) electrons. The van der Waals surface area contributed by atoms with Gasteiger partial charge in [-0.3, -0.25) is 0 Å². The van der Waals surface area contributed by atoms with Crippen LogP contribution in [0.3, 0.4) is 0 Å². The average molecular weight is 128 g/mol. The predicted octanol–water partition coefficient (Wildman–Crippen LogP) is 1.02. The molecule has 0 N–H and O–H groups in total. The van der Waals surface area contributed by atoms with Crippen LogP contribution < -0.4 is 0 Å². The Labute approximate surface area is 41.7 Å². The van der Waals surface area contributed by atoms with Gasteiger partial charge in [0.15, 0.2) is 0 Å². The molecule has 1 saturated heterocycles. The van der Waals surface area contributed by atoms with Gasteiger partial charge >= 0.3 is 0 Å². The van der Waals surface area contributed by atoms with Crippen molar-refractivity contribution < 1.29 is 18.7 Å². The van der Waals surface area contributed by atoms with E-state index in [2.05, 4.69) is 18.7 Å². The minimum atomic E-state index is 0.942. The Hall–Kier alpha value is 0.540. The molecular formula is O4S2. The van der Waals surface area contributed by atoms with Gasteiger partial charge in [0.2, 0.25) is 0 Å². The van der Waals surface area contributed by atoms with Crippen LogP contribution in [0, 0.1) is 0 Å². The van der Waals surface area contributed by atoms with Crippen LogP contribution in [0.2, 0.25) is 0 Å². The molecule has 4 nitrogen and oxygen atoms in total. The van der Waals surface area contributed by atoms with Gasteiger partial charge in [0.05, 0.1) is 0 Å². The fourth-order valence-corrected chi connectivity index (χ4v) is 0.476. The van der Waals surface area contributed by atoms with E-state index in [9.17, 15) is 0 Å². The standard InChI is InChI=1S/O4S2/c1-2-4-6-5-3-1. The monoisotopic (exact) mass is 128 g/mol. The Morgan fingerprint density at radius 2 is 1.33 bits per heavy atom. The van der Waals surface area contributed by atoms with Gasteiger partial charge in [0.1, 0.15) is 22.1 Å². The summed E-state index contributed by atoms with van der Waals surface area (Å²) in [6.45, 7) is 0. The van der Waals surface area contributed by atoms with Gasteiger partial charge in [0.25, 0.3) is 0 Å². The lowest BCUT2D eigenvalue weighted by molar-refractivity contribution is -0.573. The second kappa shape index (κ2) is 2.67. The highest BCUT2D eigenvalue weighted by Gasteiger charge is 2.01. The molecule has 0 aliphatic carbocycles. The summed E-state index contributed by atoms with van der Waals surface area (Å²) >= 11 is 1.88. The predicted molar refractivity (Wildman–Crippen MR) is 19.5 cm³/mol. The van der Waals surface area contributed by atoms with Gasteiger partial charge in [-0.1, -0.05) is 0 Å². The highest BCUT2D eigenvalue weighted by molar-refractivity contribution is 8.72. The first-order chi connectivity index (χ1) is 3.00. The Morgan fingerprint density at radius 3 is 1.50 bits per heavy atom. The van der Waals surface area contributed by atoms with E-state index in [4.69, 9.17) is 0 Å². The normalized spacial score (nSPS) is 24.0. The van der Waals surface area contributed by atoms with E-state index in [-0.39, 0.29) is 0 Å². The van der Waals surface area contributed by atoms with Crippen LogP contribution in [0.5, 0.6) is 0 Å². The summed E-state index contributed by atoms with van der Waals surface area (Å²) < 4.78 is 8.20. The van der Waals surface area contributed by atoms with Crippen molar-refractivity contribution in [2.24, 2.45) is 0 Å². The molecule has 0 saturated carbocycles. The Balaban J connectivity index is 2.00. The van der Waals surface area contributed by atoms with Gasteiger partial charge in [-0.25, -0.2) is 0 Å². The zero-order valence-electron chi connectivity index (χ0n) is 2.45. The fraction of sp³-hybridized carbons (Fsp3) is 0. The molecule has 6 heteroatoms. The van der Waals surface area contributed by atoms with Gasteiger partial charge in [0, 0.05) is 0 Å². The highest BCUT2D eigenvalue weighted by atomic mass is 33.1. The molecule has 1 heterocycles. The minimum Gasteiger partial charge on any atom is -0.116 e. The van der Waals surface area contributed by atoms with E-state index in [1.165, 1.54) is 0 Å². The Kier molecular flexibility index (Phi) is 2.09. The molecular weight excluding hydrogens is 128 g/mol. The van der Waals surface area contributed by atoms with E-state index in [1.54, 1.807) is 0 Å². The van der Waals surface area contributed by atoms with E-state index in [0.717, 1.165) is 22.1 Å². The van der Waals surface area contributed by atoms with E-state index in [1.807, 2.05) is 0 Å². The summed E-state index contributed by atoms with van der Waals surface area (Å²) in [7, 11) is 0. The van der Waals surface area contributed by atoms with E-state index >= 15 is 0 Å². The lowest BCUT2D eigenvalue weighted by Crippen LogP contribution is -1.90. The van der Waals surface area contributed by atoms with Crippen LogP contribution in [0.15, 0.2) is 0 Å². The largest absolute Gasteiger partial charge is 0.138 e. The van der Waals surface area contributed by atoms with Crippen molar-refractivity contribution in [1.82, 2.24) is 0 Å². The molecule has 0 unspecified atom stereocenters. The third kappa shape index (κ3) is 1.33. The lowest BCUT2D eigenvalue weighted by atomic mass is 14.4. The maximum Gasteiger partial charge on any atom is 0.138 e. The van der Waals surface area contributed by atoms with Crippen LogP contribution in [0.1, 0.15) is 0 Å². The summed E-state index contributed by atoms with van der Waals surface area (Å²) in [6.07, 6.45) is 0. The van der Waals surface area contributed by atoms with E-state index in [0.29, 0.717) is 0 Å². The molecule has 6 heavy (non-hydrogen) atoms. The van der Waals surface area contributed by atoms with Crippen molar-refractivity contribution in [3.05, 3.63) is 0 Å². The smallest absolute Gasteiger partial charge is 0.116 e. The van der Waals surface area contributed by atoms with E-state index < -0.39 is 0 Å². The highest BCUT2D eigenvalue weighted by Crippen LogP contribution is 2.28. The average Bonchev–Trinajstić information content (AvgIpc) is 1.72. The first-order valence-corrected chi connectivity index (χ1v) is 3.00. The molecule has 1 aliphatic rings. The molecule has 1 fully saturated rings. The van der Waals surface area contributed by atoms with Crippen LogP contribution in [-0.4, -0.2) is 0 Å². The van der Waals surface area contributed by atoms with Crippen LogP contribution in [0.25, 0.3) is 0 Å². The molecule has 0 amide bonds. The molecule has 0 spiro atoms. The quantitative estimate of drug-likeness (QED) is 0.275. The molecule has 36 valence electrons. The van der Waals surface area contributed by atoms with Gasteiger partial charge < -0.3 is 0 Å². The Morgan fingerprint density at radius 1 is 0.833 bits per heavy atom. The number of hydrogen-bond acceptors (Lipinski definition) is 6. The SMILES string of the molecule is O1OOSSO1. The van der Waals surface area contributed by atoms with Gasteiger partial charge in [-0.2, -0.15) is 0 Å². The molecule has 0 aromatic rings. The van der Waals surface area contributed by atoms with Crippen molar-refractivity contribution in [3.8, 4) is 0 Å². The second-order valence-electron chi connectivity index (χ2n) is 0.408. The summed E-state index contributed by atoms with van der Waals surface area (Å²) in [4.78, 5) is 0. The van der Waals surface area contributed by atoms with Crippen molar-refractivity contribution in [1.29, 1.82) is 0 Å². The third-order valence-corrected chi connectivity index (χ3v) is 0.944. The van der Waals surface area contributed by atoms with Crippen molar-refractivity contribution >= 4 is 22.1 Å². The summed E-state index contributed by atoms with van der Waals surface area (Å²) in [5, 5.41) is 7.58. The molecule has 0 aromatic carbocycles. The maximum absolute atomic E-state index is 4.10. The lowest BCUT2D eigenvalue weighted by Gasteiger charge is -2.01. The second-order valence-corrected chi connectivity index (χ2v) is 1.77. The molecule has 0 bridgehead atoms. The van der Waals surface area contributed by atoms with Gasteiger partial charge in [-0.15, -0.1) is 8.67 Å². The van der Waals surface area contributed by atoms with Crippen LogP contribution in [0.4, 0.5) is 0 Å². The molecule has 1 aliphatic heterocycles. The number of hydrogen-bond donors (Lipinski definition) is 0. The molecule has 0 atom stereocenters. The van der Waals surface area contributed by atoms with Crippen molar-refractivity contribution in [2.45, 2.75) is 0 Å². The van der Waals surface area contributed by atoms with Gasteiger partial charge in [-0.05, 0) is 10.1 Å².